The van der Waals surface area contributed by atoms with Crippen LogP contribution in [-0.4, -0.2) is 43.7 Å². The molecule has 0 radical (unpaired) electrons. The largest absolute Gasteiger partial charge is 0.384 e. The molecule has 5 rings (SSSR count). The third kappa shape index (κ3) is 3.37. The van der Waals surface area contributed by atoms with Crippen LogP contribution in [0.2, 0.25) is 10.2 Å². The van der Waals surface area contributed by atoms with Crippen molar-refractivity contribution >= 4 is 52.4 Å². The van der Waals surface area contributed by atoms with Gasteiger partial charge in [-0.05, 0) is 37.2 Å². The van der Waals surface area contributed by atoms with Gasteiger partial charge in [0.2, 0.25) is 5.95 Å². The molecular formula is C19H22Cl2N8S. The molecule has 2 fully saturated rings. The number of piperidine rings is 1. The van der Waals surface area contributed by atoms with Gasteiger partial charge in [-0.25, -0.2) is 15.0 Å². The van der Waals surface area contributed by atoms with Crippen molar-refractivity contribution in [2.45, 2.75) is 47.9 Å². The van der Waals surface area contributed by atoms with Crippen LogP contribution in [0, 0.1) is 5.41 Å². The molecule has 1 atom stereocenters. The lowest BCUT2D eigenvalue weighted by Gasteiger charge is -2.42. The van der Waals surface area contributed by atoms with Crippen LogP contribution < -0.4 is 16.4 Å². The third-order valence-electron chi connectivity index (χ3n) is 6.40. The average Bonchev–Trinajstić information content (AvgIpc) is 3.35. The molecule has 1 saturated heterocycles. The fourth-order valence-electron chi connectivity index (χ4n) is 4.70. The number of hydrogen-bond acceptors (Lipinski definition) is 8. The molecule has 1 aliphatic carbocycles. The van der Waals surface area contributed by atoms with Crippen LogP contribution >= 0.6 is 35.0 Å². The lowest BCUT2D eigenvalue weighted by Crippen LogP contribution is -2.47. The Labute approximate surface area is 188 Å². The van der Waals surface area contributed by atoms with Gasteiger partial charge in [-0.1, -0.05) is 41.4 Å². The first-order valence-electron chi connectivity index (χ1n) is 9.95. The second-order valence-electron chi connectivity index (χ2n) is 8.02. The highest BCUT2D eigenvalue weighted by atomic mass is 35.5. The maximum atomic E-state index is 6.43. The summed E-state index contributed by atoms with van der Waals surface area (Å²) >= 11 is 13.8. The Morgan fingerprint density at radius 1 is 1.13 bits per heavy atom. The predicted molar refractivity (Wildman–Crippen MR) is 119 cm³/mol. The van der Waals surface area contributed by atoms with E-state index in [0.717, 1.165) is 43.2 Å². The zero-order chi connectivity index (χ0) is 20.9. The molecular weight excluding hydrogens is 443 g/mol. The number of halogens is 2. The number of nitrogen functional groups attached to an aromatic ring is 1. The Balaban J connectivity index is 1.43. The van der Waals surface area contributed by atoms with Crippen molar-refractivity contribution in [3.05, 3.63) is 28.8 Å². The highest BCUT2D eigenvalue weighted by Gasteiger charge is 2.43. The number of nitrogens with zero attached hydrogens (tertiary/aromatic N) is 6. The van der Waals surface area contributed by atoms with Crippen molar-refractivity contribution in [1.82, 2.24) is 24.6 Å². The zero-order valence-corrected chi connectivity index (χ0v) is 18.6. The van der Waals surface area contributed by atoms with E-state index in [4.69, 9.17) is 39.7 Å². The molecule has 158 valence electrons. The van der Waals surface area contributed by atoms with E-state index in [2.05, 4.69) is 20.0 Å². The van der Waals surface area contributed by atoms with E-state index in [1.165, 1.54) is 24.6 Å². The third-order valence-corrected chi connectivity index (χ3v) is 8.31. The Hall–Kier alpha value is -1.81. The van der Waals surface area contributed by atoms with Crippen molar-refractivity contribution in [2.24, 2.45) is 11.1 Å². The first-order valence-corrected chi connectivity index (χ1v) is 11.5. The van der Waals surface area contributed by atoms with E-state index in [9.17, 15) is 0 Å². The molecule has 1 spiro atoms. The first-order chi connectivity index (χ1) is 14.5. The van der Waals surface area contributed by atoms with Gasteiger partial charge in [-0.2, -0.15) is 9.61 Å². The summed E-state index contributed by atoms with van der Waals surface area (Å²) in [5.41, 5.74) is 13.3. The van der Waals surface area contributed by atoms with Gasteiger partial charge in [-0.3, -0.25) is 0 Å². The van der Waals surface area contributed by atoms with Gasteiger partial charge in [0.25, 0.3) is 0 Å². The summed E-state index contributed by atoms with van der Waals surface area (Å²) in [6.07, 6.45) is 9.14. The summed E-state index contributed by atoms with van der Waals surface area (Å²) in [5.74, 6) is 1.10. The Bertz CT molecular complexity index is 1100. The molecule has 11 heteroatoms. The number of aromatic nitrogens is 5. The molecule has 0 aromatic carbocycles. The highest BCUT2D eigenvalue weighted by molar-refractivity contribution is 7.99. The first kappa shape index (κ1) is 20.1. The molecule has 3 aromatic heterocycles. The quantitative estimate of drug-likeness (QED) is 0.564. The SMILES string of the molecule is Nc1cc(Sc2cnc(N3CCC4(CCC[C@H]4N)CC3)n3ncnc23)c(Cl)c(Cl)n1. The molecule has 4 N–H and O–H groups in total. The maximum absolute atomic E-state index is 6.43. The van der Waals surface area contributed by atoms with Crippen LogP contribution in [0.1, 0.15) is 32.1 Å². The van der Waals surface area contributed by atoms with E-state index in [0.29, 0.717) is 32.8 Å². The van der Waals surface area contributed by atoms with Crippen LogP contribution in [0.4, 0.5) is 11.8 Å². The monoisotopic (exact) mass is 464 g/mol. The van der Waals surface area contributed by atoms with Crippen molar-refractivity contribution in [2.75, 3.05) is 23.7 Å². The van der Waals surface area contributed by atoms with Gasteiger partial charge in [-0.15, -0.1) is 0 Å². The Morgan fingerprint density at radius 3 is 2.67 bits per heavy atom. The van der Waals surface area contributed by atoms with Gasteiger partial charge >= 0.3 is 0 Å². The van der Waals surface area contributed by atoms with Crippen molar-refractivity contribution in [3.63, 3.8) is 0 Å². The van der Waals surface area contributed by atoms with Crippen LogP contribution in [-0.2, 0) is 0 Å². The predicted octanol–water partition coefficient (Wildman–Crippen LogP) is 3.66. The number of fused-ring (bicyclic) bond motifs is 1. The summed E-state index contributed by atoms with van der Waals surface area (Å²) in [6, 6.07) is 2.01. The second kappa shape index (κ2) is 7.71. The van der Waals surface area contributed by atoms with Crippen LogP contribution in [0.5, 0.6) is 0 Å². The normalized spacial score (nSPS) is 21.0. The number of anilines is 2. The molecule has 1 aliphatic heterocycles. The minimum atomic E-state index is 0.175. The highest BCUT2D eigenvalue weighted by Crippen LogP contribution is 2.46. The van der Waals surface area contributed by atoms with Gasteiger partial charge in [0.05, 0.1) is 9.92 Å². The maximum Gasteiger partial charge on any atom is 0.228 e. The Kier molecular flexibility index (Phi) is 5.17. The zero-order valence-electron chi connectivity index (χ0n) is 16.3. The molecule has 0 unspecified atom stereocenters. The van der Waals surface area contributed by atoms with Gasteiger partial charge in [0.1, 0.15) is 12.1 Å². The van der Waals surface area contributed by atoms with Crippen molar-refractivity contribution in [1.29, 1.82) is 0 Å². The Morgan fingerprint density at radius 2 is 1.93 bits per heavy atom. The topological polar surface area (TPSA) is 111 Å². The standard InChI is InChI=1S/C19H22Cl2N8S/c20-15-11(8-14(23)27-16(15)21)30-12-9-24-18(29-17(12)25-10-26-29)28-6-4-19(5-7-28)3-1-2-13(19)22/h8-10,13H,1-7,22H2,(H2,23,27)/t13-/m1/s1. The van der Waals surface area contributed by atoms with E-state index in [-0.39, 0.29) is 5.15 Å². The summed E-state index contributed by atoms with van der Waals surface area (Å²) < 4.78 is 1.79. The summed E-state index contributed by atoms with van der Waals surface area (Å²) in [6.45, 7) is 1.84. The van der Waals surface area contributed by atoms with Crippen molar-refractivity contribution in [3.8, 4) is 0 Å². The lowest BCUT2D eigenvalue weighted by atomic mass is 9.74. The number of nitrogens with two attached hydrogens (primary N) is 2. The molecule has 30 heavy (non-hydrogen) atoms. The number of hydrogen-bond donors (Lipinski definition) is 2. The molecule has 1 saturated carbocycles. The fourth-order valence-corrected chi connectivity index (χ4v) is 6.10. The molecule has 3 aromatic rings. The van der Waals surface area contributed by atoms with E-state index in [1.54, 1.807) is 23.1 Å². The van der Waals surface area contributed by atoms with E-state index in [1.807, 2.05) is 0 Å². The number of pyridine rings is 1. The van der Waals surface area contributed by atoms with Gasteiger partial charge in [0, 0.05) is 30.2 Å². The molecule has 2 aliphatic rings. The van der Waals surface area contributed by atoms with E-state index < -0.39 is 0 Å². The van der Waals surface area contributed by atoms with Gasteiger partial charge < -0.3 is 16.4 Å². The van der Waals surface area contributed by atoms with E-state index >= 15 is 0 Å². The fraction of sp³-hybridized carbons (Fsp3) is 0.474. The molecule has 0 amide bonds. The van der Waals surface area contributed by atoms with Gasteiger partial charge in [0.15, 0.2) is 10.8 Å². The summed E-state index contributed by atoms with van der Waals surface area (Å²) in [4.78, 5) is 16.9. The summed E-state index contributed by atoms with van der Waals surface area (Å²) in [5, 5.41) is 4.95. The van der Waals surface area contributed by atoms with Crippen LogP contribution in [0.3, 0.4) is 0 Å². The minimum Gasteiger partial charge on any atom is -0.384 e. The summed E-state index contributed by atoms with van der Waals surface area (Å²) in [7, 11) is 0. The molecule has 0 bridgehead atoms. The van der Waals surface area contributed by atoms with Crippen LogP contribution in [0.25, 0.3) is 5.65 Å². The minimum absolute atomic E-state index is 0.175. The van der Waals surface area contributed by atoms with Crippen molar-refractivity contribution < 1.29 is 0 Å². The molecule has 8 nitrogen and oxygen atoms in total. The second-order valence-corrected chi connectivity index (χ2v) is 9.84. The van der Waals surface area contributed by atoms with Crippen LogP contribution in [0.15, 0.2) is 28.4 Å². The number of rotatable bonds is 3. The average molecular weight is 465 g/mol. The molecule has 4 heterocycles. The smallest absolute Gasteiger partial charge is 0.228 e. The lowest BCUT2D eigenvalue weighted by molar-refractivity contribution is 0.196.